The molecule has 0 saturated heterocycles. The van der Waals surface area contributed by atoms with E-state index in [1.54, 1.807) is 0 Å². The first-order valence-corrected chi connectivity index (χ1v) is 7.00. The van der Waals surface area contributed by atoms with Crippen molar-refractivity contribution in [2.45, 2.75) is 45.6 Å². The van der Waals surface area contributed by atoms with Gasteiger partial charge in [-0.1, -0.05) is 44.5 Å². The van der Waals surface area contributed by atoms with Crippen LogP contribution in [0.25, 0.3) is 11.3 Å². The number of nitrogens with one attached hydrogen (secondary N) is 1. The van der Waals surface area contributed by atoms with E-state index in [1.165, 1.54) is 5.56 Å². The van der Waals surface area contributed by atoms with E-state index in [1.807, 2.05) is 13.1 Å². The summed E-state index contributed by atoms with van der Waals surface area (Å²) in [5.41, 5.74) is 9.45. The molecule has 1 atom stereocenters. The normalized spacial score (nSPS) is 14.3. The summed E-state index contributed by atoms with van der Waals surface area (Å²) in [7, 11) is 0. The highest BCUT2D eigenvalue weighted by Crippen LogP contribution is 2.24. The van der Waals surface area contributed by atoms with Crippen LogP contribution in [0, 0.1) is 0 Å². The molecule has 3 nitrogen and oxygen atoms in total. The molecule has 0 aliphatic rings. The van der Waals surface area contributed by atoms with Crippen LogP contribution in [-0.2, 0) is 12.0 Å². The number of aromatic nitrogens is 2. The van der Waals surface area contributed by atoms with Crippen LogP contribution in [0.4, 0.5) is 0 Å². The van der Waals surface area contributed by atoms with E-state index in [4.69, 9.17) is 5.73 Å². The Balaban J connectivity index is 2.25. The second kappa shape index (κ2) is 5.57. The molecule has 0 bridgehead atoms. The van der Waals surface area contributed by atoms with E-state index < -0.39 is 0 Å². The lowest BCUT2D eigenvalue weighted by molar-refractivity contribution is 0.423. The van der Waals surface area contributed by atoms with Crippen LogP contribution in [0.1, 0.15) is 45.0 Å². The predicted octanol–water partition coefficient (Wildman–Crippen LogP) is 3.61. The van der Waals surface area contributed by atoms with Crippen molar-refractivity contribution in [3.8, 4) is 11.3 Å². The standard InChI is InChI=1S/C16H23N3/c1-4-10-16(3,17)15-18-11-14(19-15)13-8-6-12(5-2)7-9-13/h6-9,11H,4-5,10,17H2,1-3H3,(H,18,19). The minimum atomic E-state index is -0.379. The third kappa shape index (κ3) is 3.04. The van der Waals surface area contributed by atoms with Crippen molar-refractivity contribution in [3.05, 3.63) is 41.9 Å². The fraction of sp³-hybridized carbons (Fsp3) is 0.438. The zero-order valence-electron chi connectivity index (χ0n) is 12.0. The van der Waals surface area contributed by atoms with Crippen LogP contribution < -0.4 is 5.73 Å². The highest BCUT2D eigenvalue weighted by Gasteiger charge is 2.23. The van der Waals surface area contributed by atoms with Crippen LogP contribution in [0.15, 0.2) is 30.5 Å². The molecular formula is C16H23N3. The fourth-order valence-electron chi connectivity index (χ4n) is 2.32. The minimum absolute atomic E-state index is 0.379. The molecule has 2 aromatic rings. The highest BCUT2D eigenvalue weighted by atomic mass is 15.0. The highest BCUT2D eigenvalue weighted by molar-refractivity contribution is 5.59. The van der Waals surface area contributed by atoms with Crippen molar-refractivity contribution in [2.24, 2.45) is 5.73 Å². The van der Waals surface area contributed by atoms with E-state index in [2.05, 4.69) is 48.1 Å². The van der Waals surface area contributed by atoms with Gasteiger partial charge in [0.25, 0.3) is 0 Å². The summed E-state index contributed by atoms with van der Waals surface area (Å²) >= 11 is 0. The zero-order valence-corrected chi connectivity index (χ0v) is 12.0. The topological polar surface area (TPSA) is 54.7 Å². The Morgan fingerprint density at radius 2 is 1.89 bits per heavy atom. The maximum absolute atomic E-state index is 6.29. The van der Waals surface area contributed by atoms with Gasteiger partial charge in [0.05, 0.1) is 17.4 Å². The van der Waals surface area contributed by atoms with Gasteiger partial charge in [-0.2, -0.15) is 0 Å². The molecule has 0 aliphatic heterocycles. The molecule has 0 aliphatic carbocycles. The summed E-state index contributed by atoms with van der Waals surface area (Å²) < 4.78 is 0. The third-order valence-electron chi connectivity index (χ3n) is 3.56. The molecular weight excluding hydrogens is 234 g/mol. The zero-order chi connectivity index (χ0) is 13.9. The fourth-order valence-corrected chi connectivity index (χ4v) is 2.32. The smallest absolute Gasteiger partial charge is 0.126 e. The number of benzene rings is 1. The Labute approximate surface area is 115 Å². The molecule has 102 valence electrons. The molecule has 0 radical (unpaired) electrons. The molecule has 0 saturated carbocycles. The Morgan fingerprint density at radius 1 is 1.21 bits per heavy atom. The number of hydrogen-bond donors (Lipinski definition) is 2. The summed E-state index contributed by atoms with van der Waals surface area (Å²) in [6, 6.07) is 8.57. The van der Waals surface area contributed by atoms with E-state index >= 15 is 0 Å². The van der Waals surface area contributed by atoms with Crippen LogP contribution in [0.3, 0.4) is 0 Å². The van der Waals surface area contributed by atoms with Crippen LogP contribution in [0.2, 0.25) is 0 Å². The van der Waals surface area contributed by atoms with Gasteiger partial charge in [0.1, 0.15) is 5.82 Å². The van der Waals surface area contributed by atoms with E-state index in [9.17, 15) is 0 Å². The molecule has 1 unspecified atom stereocenters. The number of rotatable bonds is 5. The second-order valence-electron chi connectivity index (χ2n) is 5.36. The SMILES string of the molecule is CCCC(C)(N)c1ncc(-c2ccc(CC)cc2)[nH]1. The number of aromatic amines is 1. The lowest BCUT2D eigenvalue weighted by Gasteiger charge is -2.21. The molecule has 0 fully saturated rings. The summed E-state index contributed by atoms with van der Waals surface area (Å²) in [4.78, 5) is 7.80. The van der Waals surface area contributed by atoms with Crippen LogP contribution >= 0.6 is 0 Å². The Kier molecular flexibility index (Phi) is 4.05. The van der Waals surface area contributed by atoms with Crippen LogP contribution in [0.5, 0.6) is 0 Å². The number of H-pyrrole nitrogens is 1. The first-order valence-electron chi connectivity index (χ1n) is 7.00. The van der Waals surface area contributed by atoms with Gasteiger partial charge in [0.2, 0.25) is 0 Å². The number of imidazole rings is 1. The first-order chi connectivity index (χ1) is 9.06. The number of aryl methyl sites for hydroxylation is 1. The van der Waals surface area contributed by atoms with Crippen molar-refractivity contribution >= 4 is 0 Å². The van der Waals surface area contributed by atoms with Gasteiger partial charge in [-0.3, -0.25) is 0 Å². The average Bonchev–Trinajstić information content (AvgIpc) is 2.89. The molecule has 0 spiro atoms. The Hall–Kier alpha value is -1.61. The van der Waals surface area contributed by atoms with Gasteiger partial charge in [0.15, 0.2) is 0 Å². The van der Waals surface area contributed by atoms with E-state index in [0.717, 1.165) is 36.3 Å². The van der Waals surface area contributed by atoms with Crippen molar-refractivity contribution in [1.29, 1.82) is 0 Å². The van der Waals surface area contributed by atoms with Gasteiger partial charge in [-0.15, -0.1) is 0 Å². The van der Waals surface area contributed by atoms with Gasteiger partial charge >= 0.3 is 0 Å². The molecule has 1 aromatic heterocycles. The van der Waals surface area contributed by atoms with Crippen molar-refractivity contribution in [2.75, 3.05) is 0 Å². The maximum atomic E-state index is 6.29. The van der Waals surface area contributed by atoms with Gasteiger partial charge in [-0.05, 0) is 30.9 Å². The van der Waals surface area contributed by atoms with Crippen molar-refractivity contribution < 1.29 is 0 Å². The second-order valence-corrected chi connectivity index (χ2v) is 5.36. The average molecular weight is 257 g/mol. The molecule has 19 heavy (non-hydrogen) atoms. The quantitative estimate of drug-likeness (QED) is 0.859. The van der Waals surface area contributed by atoms with Crippen molar-refractivity contribution in [3.63, 3.8) is 0 Å². The summed E-state index contributed by atoms with van der Waals surface area (Å²) in [5, 5.41) is 0. The van der Waals surface area contributed by atoms with E-state index in [-0.39, 0.29) is 5.54 Å². The van der Waals surface area contributed by atoms with Crippen LogP contribution in [-0.4, -0.2) is 9.97 Å². The molecule has 2 rings (SSSR count). The number of nitrogens with zero attached hydrogens (tertiary/aromatic N) is 1. The van der Waals surface area contributed by atoms with E-state index in [0.29, 0.717) is 0 Å². The lowest BCUT2D eigenvalue weighted by Crippen LogP contribution is -2.34. The third-order valence-corrected chi connectivity index (χ3v) is 3.56. The van der Waals surface area contributed by atoms with Gasteiger partial charge in [0, 0.05) is 0 Å². The predicted molar refractivity (Wildman–Crippen MR) is 79.8 cm³/mol. The summed E-state index contributed by atoms with van der Waals surface area (Å²) in [5.74, 6) is 0.865. The monoisotopic (exact) mass is 257 g/mol. The maximum Gasteiger partial charge on any atom is 0.126 e. The molecule has 1 heterocycles. The largest absolute Gasteiger partial charge is 0.340 e. The minimum Gasteiger partial charge on any atom is -0.340 e. The molecule has 1 aromatic carbocycles. The lowest BCUT2D eigenvalue weighted by atomic mass is 9.97. The first kappa shape index (κ1) is 13.8. The van der Waals surface area contributed by atoms with Gasteiger partial charge < -0.3 is 10.7 Å². The summed E-state index contributed by atoms with van der Waals surface area (Å²) in [6.07, 6.45) is 4.91. The molecule has 3 heteroatoms. The van der Waals surface area contributed by atoms with Gasteiger partial charge in [-0.25, -0.2) is 4.98 Å². The number of hydrogen-bond acceptors (Lipinski definition) is 2. The molecule has 3 N–H and O–H groups in total. The Morgan fingerprint density at radius 3 is 2.47 bits per heavy atom. The molecule has 0 amide bonds. The van der Waals surface area contributed by atoms with Crippen molar-refractivity contribution in [1.82, 2.24) is 9.97 Å². The number of nitrogens with two attached hydrogens (primary N) is 1. The Bertz CT molecular complexity index is 523. The summed E-state index contributed by atoms with van der Waals surface area (Å²) in [6.45, 7) is 6.33.